The van der Waals surface area contributed by atoms with Gasteiger partial charge in [0.25, 0.3) is 5.56 Å². The number of aromatic nitrogens is 4. The molecule has 4 aromatic rings. The fraction of sp³-hybridized carbons (Fsp3) is 0.259. The molecule has 0 amide bonds. The van der Waals surface area contributed by atoms with Gasteiger partial charge in [-0.2, -0.15) is 10.4 Å². The zero-order chi connectivity index (χ0) is 28.4. The minimum atomic E-state index is -3.92. The van der Waals surface area contributed by atoms with Crippen LogP contribution in [-0.2, 0) is 16.9 Å². The molecule has 0 spiro atoms. The molecule has 8 nitrogen and oxygen atoms in total. The predicted octanol–water partition coefficient (Wildman–Crippen LogP) is 4.73. The number of halogens is 3. The van der Waals surface area contributed by atoms with E-state index in [2.05, 4.69) is 16.2 Å². The summed E-state index contributed by atoms with van der Waals surface area (Å²) in [5.74, 6) is -2.23. The molecule has 1 saturated carbocycles. The zero-order valence-electron chi connectivity index (χ0n) is 21.3. The van der Waals surface area contributed by atoms with Crippen molar-refractivity contribution in [1.29, 1.82) is 5.26 Å². The highest BCUT2D eigenvalue weighted by atomic mass is 35.5. The minimum absolute atomic E-state index is 0.0125. The fourth-order valence-electron chi connectivity index (χ4n) is 4.93. The highest BCUT2D eigenvalue weighted by molar-refractivity contribution is 7.90. The number of rotatable bonds is 5. The summed E-state index contributed by atoms with van der Waals surface area (Å²) in [5.41, 5.74) is 0.858. The summed E-state index contributed by atoms with van der Waals surface area (Å²) < 4.78 is 57.8. The first kappa shape index (κ1) is 26.7. The molecule has 1 fully saturated rings. The lowest BCUT2D eigenvalue weighted by atomic mass is 10.1. The molecule has 200 valence electrons. The third-order valence-corrected chi connectivity index (χ3v) is 8.46. The Labute approximate surface area is 228 Å². The third-order valence-electron chi connectivity index (χ3n) is 6.96. The summed E-state index contributed by atoms with van der Waals surface area (Å²) in [5, 5.41) is 13.5. The lowest BCUT2D eigenvalue weighted by Gasteiger charge is -2.18. The Kier molecular flexibility index (Phi) is 6.44. The van der Waals surface area contributed by atoms with E-state index in [4.69, 9.17) is 11.6 Å². The van der Waals surface area contributed by atoms with E-state index in [9.17, 15) is 18.5 Å². The Morgan fingerprint density at radius 1 is 1.15 bits per heavy atom. The Morgan fingerprint density at radius 3 is 2.51 bits per heavy atom. The molecule has 0 saturated heterocycles. The van der Waals surface area contributed by atoms with Gasteiger partial charge in [0.05, 0.1) is 11.4 Å². The molecule has 2 atom stereocenters. The number of benzene rings is 1. The molecule has 0 unspecified atom stereocenters. The molecule has 3 aromatic heterocycles. The zero-order valence-corrected chi connectivity index (χ0v) is 22.9. The topological polar surface area (TPSA) is 111 Å². The van der Waals surface area contributed by atoms with E-state index in [0.29, 0.717) is 28.9 Å². The number of sulfone groups is 1. The van der Waals surface area contributed by atoms with Gasteiger partial charge in [0, 0.05) is 36.7 Å². The average Bonchev–Trinajstić information content (AvgIpc) is 3.57. The van der Waals surface area contributed by atoms with Crippen LogP contribution in [0, 0.1) is 36.8 Å². The van der Waals surface area contributed by atoms with E-state index in [1.165, 1.54) is 23.0 Å². The predicted molar refractivity (Wildman–Crippen MR) is 141 cm³/mol. The van der Waals surface area contributed by atoms with Crippen molar-refractivity contribution < 1.29 is 17.2 Å². The van der Waals surface area contributed by atoms with E-state index in [1.54, 1.807) is 33.0 Å². The molecule has 0 radical (unpaired) electrons. The van der Waals surface area contributed by atoms with Gasteiger partial charge in [0.15, 0.2) is 21.5 Å². The van der Waals surface area contributed by atoms with Crippen molar-refractivity contribution >= 4 is 21.4 Å². The van der Waals surface area contributed by atoms with Crippen molar-refractivity contribution in [2.75, 3.05) is 6.26 Å². The van der Waals surface area contributed by atoms with Crippen LogP contribution < -0.4 is 5.56 Å². The standard InChI is InChI=1S/C27H22ClF2N5O3S/c1-13-12-32-25(16-6-5-7-21(23(16)29)39(4,37)38)24(30)26(13)35-14(2)8-19(22(28)27(35)36)17-10-18(17)20-9-15(11-31)34(3)33-20/h5-9,12,17-18H,10H2,1-4H3/t17-,18-/m0/s1. The molecule has 12 heteroatoms. The van der Waals surface area contributed by atoms with Gasteiger partial charge in [-0.1, -0.05) is 17.7 Å². The number of nitriles is 1. The maximum Gasteiger partial charge on any atom is 0.274 e. The monoisotopic (exact) mass is 569 g/mol. The Morgan fingerprint density at radius 2 is 1.87 bits per heavy atom. The van der Waals surface area contributed by atoms with Gasteiger partial charge < -0.3 is 0 Å². The maximum atomic E-state index is 16.0. The number of nitrogens with zero attached hydrogens (tertiary/aromatic N) is 5. The minimum Gasteiger partial charge on any atom is -0.277 e. The molecule has 0 N–H and O–H groups in total. The number of hydrogen-bond acceptors (Lipinski definition) is 6. The SMILES string of the molecule is Cc1cnc(-c2cccc(S(C)(=O)=O)c2F)c(F)c1-n1c(C)cc([C@H]2C[C@@H]2c2cc(C#N)n(C)n2)c(Cl)c1=O. The summed E-state index contributed by atoms with van der Waals surface area (Å²) in [4.78, 5) is 17.0. The van der Waals surface area contributed by atoms with Gasteiger partial charge in [-0.3, -0.25) is 19.0 Å². The number of aryl methyl sites for hydroxylation is 3. The summed E-state index contributed by atoms with van der Waals surface area (Å²) in [6, 6.07) is 9.11. The van der Waals surface area contributed by atoms with Crippen LogP contribution in [0.2, 0.25) is 5.02 Å². The van der Waals surface area contributed by atoms with Crippen LogP contribution in [0.25, 0.3) is 16.9 Å². The van der Waals surface area contributed by atoms with E-state index < -0.39 is 37.6 Å². The lowest BCUT2D eigenvalue weighted by molar-refractivity contribution is 0.569. The molecule has 1 aliphatic rings. The van der Waals surface area contributed by atoms with Gasteiger partial charge >= 0.3 is 0 Å². The number of hydrogen-bond donors (Lipinski definition) is 0. The first-order valence-electron chi connectivity index (χ1n) is 11.9. The molecule has 1 aliphatic carbocycles. The van der Waals surface area contributed by atoms with Crippen molar-refractivity contribution in [1.82, 2.24) is 19.3 Å². The van der Waals surface area contributed by atoms with Gasteiger partial charge in [-0.25, -0.2) is 17.2 Å². The Bertz CT molecular complexity index is 1890. The van der Waals surface area contributed by atoms with Crippen LogP contribution in [0.4, 0.5) is 8.78 Å². The highest BCUT2D eigenvalue weighted by Gasteiger charge is 2.43. The molecule has 3 heterocycles. The second kappa shape index (κ2) is 9.39. The first-order chi connectivity index (χ1) is 18.3. The molecule has 0 aliphatic heterocycles. The van der Waals surface area contributed by atoms with Gasteiger partial charge in [-0.15, -0.1) is 0 Å². The van der Waals surface area contributed by atoms with Crippen molar-refractivity contribution in [2.24, 2.45) is 7.05 Å². The van der Waals surface area contributed by atoms with Crippen molar-refractivity contribution in [2.45, 2.75) is 37.0 Å². The van der Waals surface area contributed by atoms with E-state index >= 15 is 8.78 Å². The second-order valence-corrected chi connectivity index (χ2v) is 12.0. The summed E-state index contributed by atoms with van der Waals surface area (Å²) in [6.07, 6.45) is 2.83. The van der Waals surface area contributed by atoms with Crippen LogP contribution in [0.1, 0.15) is 46.5 Å². The summed E-state index contributed by atoms with van der Waals surface area (Å²) in [7, 11) is -2.24. The van der Waals surface area contributed by atoms with Crippen LogP contribution in [0.5, 0.6) is 0 Å². The van der Waals surface area contributed by atoms with Crippen molar-refractivity contribution in [3.05, 3.63) is 91.7 Å². The summed E-state index contributed by atoms with van der Waals surface area (Å²) in [6.45, 7) is 3.19. The molecule has 1 aromatic carbocycles. The van der Waals surface area contributed by atoms with E-state index in [1.807, 2.05) is 0 Å². The van der Waals surface area contributed by atoms with Crippen LogP contribution in [0.15, 0.2) is 46.2 Å². The van der Waals surface area contributed by atoms with Gasteiger partial charge in [-0.05, 0) is 61.6 Å². The molecular formula is C27H22ClF2N5O3S. The van der Waals surface area contributed by atoms with Crippen LogP contribution in [-0.4, -0.2) is 34.0 Å². The maximum absolute atomic E-state index is 16.0. The van der Waals surface area contributed by atoms with Crippen LogP contribution in [0.3, 0.4) is 0 Å². The van der Waals surface area contributed by atoms with Gasteiger partial charge in [0.1, 0.15) is 27.4 Å². The highest BCUT2D eigenvalue weighted by Crippen LogP contribution is 2.55. The van der Waals surface area contributed by atoms with E-state index in [-0.39, 0.29) is 28.1 Å². The molecule has 39 heavy (non-hydrogen) atoms. The average molecular weight is 570 g/mol. The lowest BCUT2D eigenvalue weighted by Crippen LogP contribution is -2.24. The molecule has 5 rings (SSSR count). The first-order valence-corrected chi connectivity index (χ1v) is 14.1. The van der Waals surface area contributed by atoms with E-state index in [0.717, 1.165) is 22.6 Å². The smallest absolute Gasteiger partial charge is 0.274 e. The number of pyridine rings is 2. The Balaban J connectivity index is 1.61. The third kappa shape index (κ3) is 4.43. The second-order valence-electron chi connectivity index (χ2n) is 9.68. The quantitative estimate of drug-likeness (QED) is 0.344. The largest absolute Gasteiger partial charge is 0.277 e. The molecule has 0 bridgehead atoms. The molecular weight excluding hydrogens is 548 g/mol. The summed E-state index contributed by atoms with van der Waals surface area (Å²) >= 11 is 6.55. The van der Waals surface area contributed by atoms with Crippen molar-refractivity contribution in [3.63, 3.8) is 0 Å². The van der Waals surface area contributed by atoms with Gasteiger partial charge in [0.2, 0.25) is 0 Å². The van der Waals surface area contributed by atoms with Crippen LogP contribution >= 0.6 is 11.6 Å². The normalized spacial score (nSPS) is 16.8. The Hall–Kier alpha value is -3.88. The van der Waals surface area contributed by atoms with Crippen molar-refractivity contribution in [3.8, 4) is 23.0 Å². The fourth-order valence-corrected chi connectivity index (χ4v) is 5.97.